The Morgan fingerprint density at radius 2 is 1.73 bits per heavy atom. The molecule has 0 spiro atoms. The number of carbonyl (C=O) groups excluding carboxylic acids is 4. The topological polar surface area (TPSA) is 114 Å². The van der Waals surface area contributed by atoms with Gasteiger partial charge in [-0.2, -0.15) is 12.6 Å². The van der Waals surface area contributed by atoms with Crippen LogP contribution < -0.4 is 10.6 Å². The average Bonchev–Trinajstić information content (AvgIpc) is 2.73. The lowest BCUT2D eigenvalue weighted by molar-refractivity contribution is -0.147. The molecule has 2 N–H and O–H groups in total. The van der Waals surface area contributed by atoms with Gasteiger partial charge in [-0.05, 0) is 66.4 Å². The molecule has 206 valence electrons. The Balaban J connectivity index is 2.40. The highest BCUT2D eigenvalue weighted by Crippen LogP contribution is 2.34. The number of alkyl carbamates (subject to hydrolysis) is 1. The Morgan fingerprint density at radius 3 is 2.22 bits per heavy atom. The Bertz CT molecular complexity index is 953. The maximum Gasteiger partial charge on any atom is 0.408 e. The normalized spacial score (nSPS) is 15.1. The molecule has 2 atom stereocenters. The van der Waals surface area contributed by atoms with E-state index in [9.17, 15) is 19.2 Å². The molecule has 0 heterocycles. The summed E-state index contributed by atoms with van der Waals surface area (Å²) < 4.78 is 10.3. The molecule has 1 aromatic carbocycles. The molecule has 0 saturated heterocycles. The lowest BCUT2D eigenvalue weighted by atomic mass is 9.87. The zero-order valence-corrected chi connectivity index (χ0v) is 23.7. The third kappa shape index (κ3) is 9.25. The molecule has 1 aliphatic carbocycles. The van der Waals surface area contributed by atoms with Gasteiger partial charge in [0.05, 0.1) is 13.0 Å². The molecule has 1 aromatic rings. The minimum absolute atomic E-state index is 0.0238. The first kappa shape index (κ1) is 30.5. The number of esters is 1. The maximum absolute atomic E-state index is 13.9. The minimum atomic E-state index is -0.987. The Kier molecular flexibility index (Phi) is 11.3. The second-order valence-electron chi connectivity index (χ2n) is 10.4. The van der Waals surface area contributed by atoms with E-state index in [1.54, 1.807) is 32.6 Å². The van der Waals surface area contributed by atoms with Gasteiger partial charge in [0.2, 0.25) is 11.8 Å². The summed E-state index contributed by atoms with van der Waals surface area (Å²) >= 11 is 4.32. The number of rotatable bonds is 11. The van der Waals surface area contributed by atoms with Crippen LogP contribution in [0.4, 0.5) is 4.79 Å². The highest BCUT2D eigenvalue weighted by atomic mass is 32.1. The predicted octanol–water partition coefficient (Wildman–Crippen LogP) is 3.62. The summed E-state index contributed by atoms with van der Waals surface area (Å²) in [6.45, 7) is 11.1. The molecule has 37 heavy (non-hydrogen) atoms. The SMILES string of the molecule is CCOC(=O)CCNC(=O)C(c1cc(C)cc(C)c1)N(C(=O)C(CS)NC(=O)OC(C)(C)C)C1CCC1. The smallest absolute Gasteiger partial charge is 0.408 e. The van der Waals surface area contributed by atoms with Crippen LogP contribution in [0.1, 0.15) is 76.1 Å². The molecule has 0 aromatic heterocycles. The maximum atomic E-state index is 13.9. The van der Waals surface area contributed by atoms with E-state index in [4.69, 9.17) is 9.47 Å². The predicted molar refractivity (Wildman–Crippen MR) is 144 cm³/mol. The van der Waals surface area contributed by atoms with E-state index in [0.29, 0.717) is 5.56 Å². The number of amides is 3. The van der Waals surface area contributed by atoms with E-state index in [1.165, 1.54) is 0 Å². The first-order valence-corrected chi connectivity index (χ1v) is 13.4. The molecule has 1 aliphatic rings. The highest BCUT2D eigenvalue weighted by Gasteiger charge is 2.41. The fourth-order valence-corrected chi connectivity index (χ4v) is 4.47. The van der Waals surface area contributed by atoms with Crippen molar-refractivity contribution in [2.75, 3.05) is 18.9 Å². The van der Waals surface area contributed by atoms with Crippen molar-refractivity contribution in [1.82, 2.24) is 15.5 Å². The number of hydrogen-bond acceptors (Lipinski definition) is 7. The van der Waals surface area contributed by atoms with Crippen molar-refractivity contribution in [3.8, 4) is 0 Å². The van der Waals surface area contributed by atoms with Crippen LogP contribution in [0.2, 0.25) is 0 Å². The summed E-state index contributed by atoms with van der Waals surface area (Å²) in [4.78, 5) is 53.4. The van der Waals surface area contributed by atoms with Crippen LogP contribution in [0.25, 0.3) is 0 Å². The molecule has 0 bridgehead atoms. The quantitative estimate of drug-likeness (QED) is 0.295. The van der Waals surface area contributed by atoms with Crippen molar-refractivity contribution in [2.24, 2.45) is 0 Å². The number of carbonyl (C=O) groups is 4. The van der Waals surface area contributed by atoms with Crippen LogP contribution in [0.3, 0.4) is 0 Å². The average molecular weight is 536 g/mol. The van der Waals surface area contributed by atoms with Gasteiger partial charge in [-0.3, -0.25) is 14.4 Å². The second kappa shape index (κ2) is 13.7. The lowest BCUT2D eigenvalue weighted by Gasteiger charge is -2.43. The van der Waals surface area contributed by atoms with Crippen LogP contribution in [-0.4, -0.2) is 65.4 Å². The van der Waals surface area contributed by atoms with E-state index in [1.807, 2.05) is 32.0 Å². The van der Waals surface area contributed by atoms with Gasteiger partial charge >= 0.3 is 12.1 Å². The number of benzene rings is 1. The number of thiol groups is 1. The summed E-state index contributed by atoms with van der Waals surface area (Å²) in [5.41, 5.74) is 1.85. The Labute approximate surface area is 225 Å². The van der Waals surface area contributed by atoms with Gasteiger partial charge in [-0.15, -0.1) is 0 Å². The molecule has 0 radical (unpaired) electrons. The number of ether oxygens (including phenoxy) is 2. The summed E-state index contributed by atoms with van der Waals surface area (Å²) in [5.74, 6) is -1.18. The first-order chi connectivity index (χ1) is 17.4. The summed E-state index contributed by atoms with van der Waals surface area (Å²) in [6.07, 6.45) is 1.72. The van der Waals surface area contributed by atoms with Gasteiger partial charge in [-0.25, -0.2) is 4.79 Å². The number of nitrogens with one attached hydrogen (secondary N) is 2. The summed E-state index contributed by atoms with van der Waals surface area (Å²) in [5, 5.41) is 5.44. The molecule has 2 unspecified atom stereocenters. The first-order valence-electron chi connectivity index (χ1n) is 12.8. The number of nitrogens with zero attached hydrogens (tertiary/aromatic N) is 1. The van der Waals surface area contributed by atoms with Gasteiger partial charge < -0.3 is 25.0 Å². The molecule has 9 nitrogen and oxygen atoms in total. The van der Waals surface area contributed by atoms with Crippen molar-refractivity contribution in [3.05, 3.63) is 34.9 Å². The van der Waals surface area contributed by atoms with Gasteiger partial charge in [0.15, 0.2) is 0 Å². The summed E-state index contributed by atoms with van der Waals surface area (Å²) in [6, 6.07) is 3.67. The van der Waals surface area contributed by atoms with E-state index >= 15 is 0 Å². The minimum Gasteiger partial charge on any atom is -0.466 e. The van der Waals surface area contributed by atoms with Crippen molar-refractivity contribution in [2.45, 2.75) is 91.0 Å². The third-order valence-corrected chi connectivity index (χ3v) is 6.28. The van der Waals surface area contributed by atoms with Crippen molar-refractivity contribution in [1.29, 1.82) is 0 Å². The highest BCUT2D eigenvalue weighted by molar-refractivity contribution is 7.80. The van der Waals surface area contributed by atoms with E-state index in [-0.39, 0.29) is 31.4 Å². The van der Waals surface area contributed by atoms with Crippen molar-refractivity contribution >= 4 is 36.5 Å². The zero-order valence-electron chi connectivity index (χ0n) is 22.8. The molecule has 10 heteroatoms. The monoisotopic (exact) mass is 535 g/mol. The van der Waals surface area contributed by atoms with Gasteiger partial charge in [0.25, 0.3) is 0 Å². The largest absolute Gasteiger partial charge is 0.466 e. The summed E-state index contributed by atoms with van der Waals surface area (Å²) in [7, 11) is 0. The number of hydrogen-bond donors (Lipinski definition) is 3. The standard InChI is InChI=1S/C27H41N3O6S/c1-7-35-22(31)11-12-28-24(32)23(19-14-17(2)13-18(3)15-19)30(20-9-8-10-20)25(33)21(16-37)29-26(34)36-27(4,5)6/h13-15,20-21,23,37H,7-12,16H2,1-6H3,(H,28,32)(H,29,34). The van der Waals surface area contributed by atoms with Gasteiger partial charge in [-0.1, -0.05) is 29.3 Å². The fourth-order valence-electron chi connectivity index (χ4n) is 4.22. The molecule has 0 aliphatic heterocycles. The molecule has 1 fully saturated rings. The Morgan fingerprint density at radius 1 is 1.11 bits per heavy atom. The van der Waals surface area contributed by atoms with Crippen LogP contribution in [0.15, 0.2) is 18.2 Å². The molecular formula is C27H41N3O6S. The van der Waals surface area contributed by atoms with Crippen molar-refractivity contribution in [3.63, 3.8) is 0 Å². The van der Waals surface area contributed by atoms with Crippen LogP contribution in [-0.2, 0) is 23.9 Å². The second-order valence-corrected chi connectivity index (χ2v) is 10.7. The van der Waals surface area contributed by atoms with E-state index in [2.05, 4.69) is 23.3 Å². The van der Waals surface area contributed by atoms with Crippen LogP contribution in [0.5, 0.6) is 0 Å². The third-order valence-electron chi connectivity index (χ3n) is 5.91. The molecule has 3 amide bonds. The Hall–Kier alpha value is -2.75. The van der Waals surface area contributed by atoms with Gasteiger partial charge in [0, 0.05) is 18.3 Å². The zero-order chi connectivity index (χ0) is 27.8. The molecule has 2 rings (SSSR count). The lowest BCUT2D eigenvalue weighted by Crippen LogP contribution is -2.58. The fraction of sp³-hybridized carbons (Fsp3) is 0.630. The van der Waals surface area contributed by atoms with Crippen molar-refractivity contribution < 1.29 is 28.7 Å². The number of aryl methyl sites for hydroxylation is 2. The van der Waals surface area contributed by atoms with Crippen LogP contribution >= 0.6 is 12.6 Å². The molecular weight excluding hydrogens is 494 g/mol. The van der Waals surface area contributed by atoms with E-state index < -0.39 is 41.6 Å². The van der Waals surface area contributed by atoms with Gasteiger partial charge in [0.1, 0.15) is 17.7 Å². The van der Waals surface area contributed by atoms with Crippen LogP contribution in [0, 0.1) is 13.8 Å². The molecule has 1 saturated carbocycles. The van der Waals surface area contributed by atoms with E-state index in [0.717, 1.165) is 30.4 Å².